The lowest BCUT2D eigenvalue weighted by molar-refractivity contribution is 0.0816. The monoisotopic (exact) mass is 237 g/mol. The summed E-state index contributed by atoms with van der Waals surface area (Å²) in [5, 5.41) is 0. The van der Waals surface area contributed by atoms with E-state index in [-0.39, 0.29) is 0 Å². The summed E-state index contributed by atoms with van der Waals surface area (Å²) in [6.45, 7) is 8.78. The molecule has 0 unspecified atom stereocenters. The number of ether oxygens (including phenoxy) is 2. The van der Waals surface area contributed by atoms with Crippen LogP contribution >= 0.6 is 0 Å². The van der Waals surface area contributed by atoms with Crippen molar-refractivity contribution in [2.45, 2.75) is 27.3 Å². The second kappa shape index (κ2) is 7.30. The fraction of sp³-hybridized carbons (Fsp3) is 0.571. The van der Waals surface area contributed by atoms with Crippen LogP contribution in [-0.4, -0.2) is 19.8 Å². The Morgan fingerprint density at radius 1 is 1.24 bits per heavy atom. The molecule has 0 aliphatic rings. The number of hydrogen-bond acceptors (Lipinski definition) is 3. The summed E-state index contributed by atoms with van der Waals surface area (Å²) in [6.07, 6.45) is 0. The Morgan fingerprint density at radius 2 is 2.00 bits per heavy atom. The van der Waals surface area contributed by atoms with Crippen molar-refractivity contribution < 1.29 is 9.47 Å². The van der Waals surface area contributed by atoms with E-state index in [4.69, 9.17) is 15.2 Å². The van der Waals surface area contributed by atoms with E-state index < -0.39 is 0 Å². The standard InChI is InChI=1S/C14H23NO2/c1-11(2)10-16-6-7-17-14-8-12(3)4-5-13(14)9-15/h4-5,8,11H,6-7,9-10,15H2,1-3H3. The number of rotatable bonds is 7. The molecule has 0 aliphatic carbocycles. The lowest BCUT2D eigenvalue weighted by Crippen LogP contribution is -2.11. The van der Waals surface area contributed by atoms with Gasteiger partial charge in [-0.1, -0.05) is 26.0 Å². The molecule has 1 aromatic rings. The Balaban J connectivity index is 2.37. The second-order valence-electron chi connectivity index (χ2n) is 4.63. The van der Waals surface area contributed by atoms with Gasteiger partial charge in [-0.15, -0.1) is 0 Å². The van der Waals surface area contributed by atoms with E-state index in [1.54, 1.807) is 0 Å². The molecule has 0 saturated heterocycles. The minimum Gasteiger partial charge on any atom is -0.491 e. The fourth-order valence-corrected chi connectivity index (χ4v) is 1.49. The Hall–Kier alpha value is -1.06. The SMILES string of the molecule is Cc1ccc(CN)c(OCCOCC(C)C)c1. The highest BCUT2D eigenvalue weighted by atomic mass is 16.5. The maximum absolute atomic E-state index is 5.69. The van der Waals surface area contributed by atoms with Crippen LogP contribution in [0, 0.1) is 12.8 Å². The smallest absolute Gasteiger partial charge is 0.124 e. The van der Waals surface area contributed by atoms with E-state index in [1.807, 2.05) is 25.1 Å². The highest BCUT2D eigenvalue weighted by molar-refractivity contribution is 5.36. The topological polar surface area (TPSA) is 44.5 Å². The van der Waals surface area contributed by atoms with Crippen LogP contribution in [0.3, 0.4) is 0 Å². The van der Waals surface area contributed by atoms with Crippen LogP contribution in [-0.2, 0) is 11.3 Å². The first-order valence-electron chi connectivity index (χ1n) is 6.13. The minimum absolute atomic E-state index is 0.502. The van der Waals surface area contributed by atoms with Gasteiger partial charge in [0.25, 0.3) is 0 Å². The highest BCUT2D eigenvalue weighted by Crippen LogP contribution is 2.19. The van der Waals surface area contributed by atoms with Gasteiger partial charge >= 0.3 is 0 Å². The van der Waals surface area contributed by atoms with Gasteiger partial charge in [-0.25, -0.2) is 0 Å². The van der Waals surface area contributed by atoms with Gasteiger partial charge in [0.1, 0.15) is 12.4 Å². The zero-order valence-electron chi connectivity index (χ0n) is 11.0. The number of benzene rings is 1. The van der Waals surface area contributed by atoms with Crippen molar-refractivity contribution in [3.63, 3.8) is 0 Å². The molecule has 1 rings (SSSR count). The largest absolute Gasteiger partial charge is 0.491 e. The Labute approximate surface area is 104 Å². The molecule has 0 fully saturated rings. The quantitative estimate of drug-likeness (QED) is 0.741. The van der Waals surface area contributed by atoms with E-state index in [1.165, 1.54) is 5.56 Å². The van der Waals surface area contributed by atoms with Crippen LogP contribution in [0.15, 0.2) is 18.2 Å². The summed E-state index contributed by atoms with van der Waals surface area (Å²) >= 11 is 0. The van der Waals surface area contributed by atoms with Crippen LogP contribution in [0.5, 0.6) is 5.75 Å². The molecule has 0 bridgehead atoms. The van der Waals surface area contributed by atoms with Crippen LogP contribution in [0.25, 0.3) is 0 Å². The van der Waals surface area contributed by atoms with E-state index in [0.29, 0.717) is 25.7 Å². The summed E-state index contributed by atoms with van der Waals surface area (Å²) in [5.74, 6) is 1.44. The van der Waals surface area contributed by atoms with E-state index in [2.05, 4.69) is 13.8 Å². The van der Waals surface area contributed by atoms with Crippen molar-refractivity contribution in [3.05, 3.63) is 29.3 Å². The van der Waals surface area contributed by atoms with E-state index in [9.17, 15) is 0 Å². The van der Waals surface area contributed by atoms with Gasteiger partial charge in [-0.3, -0.25) is 0 Å². The average molecular weight is 237 g/mol. The molecule has 0 aromatic heterocycles. The van der Waals surface area contributed by atoms with Crippen LogP contribution in [0.4, 0.5) is 0 Å². The van der Waals surface area contributed by atoms with Gasteiger partial charge in [-0.2, -0.15) is 0 Å². The number of aryl methyl sites for hydroxylation is 1. The maximum Gasteiger partial charge on any atom is 0.124 e. The van der Waals surface area contributed by atoms with E-state index in [0.717, 1.165) is 17.9 Å². The third-order valence-corrected chi connectivity index (χ3v) is 2.38. The van der Waals surface area contributed by atoms with Crippen molar-refractivity contribution in [2.75, 3.05) is 19.8 Å². The van der Waals surface area contributed by atoms with Crippen molar-refractivity contribution >= 4 is 0 Å². The second-order valence-corrected chi connectivity index (χ2v) is 4.63. The molecule has 0 spiro atoms. The minimum atomic E-state index is 0.502. The molecular formula is C14H23NO2. The lowest BCUT2D eigenvalue weighted by Gasteiger charge is -2.12. The Morgan fingerprint density at radius 3 is 2.65 bits per heavy atom. The fourth-order valence-electron chi connectivity index (χ4n) is 1.49. The van der Waals surface area contributed by atoms with Crippen molar-refractivity contribution in [2.24, 2.45) is 11.7 Å². The average Bonchev–Trinajstić information content (AvgIpc) is 2.28. The zero-order chi connectivity index (χ0) is 12.7. The molecule has 96 valence electrons. The molecule has 0 radical (unpaired) electrons. The summed E-state index contributed by atoms with van der Waals surface area (Å²) in [5.41, 5.74) is 7.88. The maximum atomic E-state index is 5.69. The predicted molar refractivity (Wildman–Crippen MR) is 70.2 cm³/mol. The summed E-state index contributed by atoms with van der Waals surface area (Å²) in [6, 6.07) is 6.08. The normalized spacial score (nSPS) is 10.9. The van der Waals surface area contributed by atoms with E-state index >= 15 is 0 Å². The van der Waals surface area contributed by atoms with Gasteiger partial charge < -0.3 is 15.2 Å². The Bertz CT molecular complexity index is 337. The summed E-state index contributed by atoms with van der Waals surface area (Å²) in [7, 11) is 0. The molecule has 0 amide bonds. The molecule has 1 aromatic carbocycles. The van der Waals surface area contributed by atoms with Crippen LogP contribution in [0.2, 0.25) is 0 Å². The Kier molecular flexibility index (Phi) is 6.01. The highest BCUT2D eigenvalue weighted by Gasteiger charge is 2.02. The van der Waals surface area contributed by atoms with Gasteiger partial charge in [-0.05, 0) is 24.5 Å². The van der Waals surface area contributed by atoms with Crippen molar-refractivity contribution in [3.8, 4) is 5.75 Å². The molecule has 3 nitrogen and oxygen atoms in total. The molecule has 2 N–H and O–H groups in total. The molecule has 0 saturated carbocycles. The number of hydrogen-bond donors (Lipinski definition) is 1. The first-order valence-corrected chi connectivity index (χ1v) is 6.13. The molecule has 0 atom stereocenters. The third kappa shape index (κ3) is 5.20. The first kappa shape index (κ1) is 14.0. The number of nitrogens with two attached hydrogens (primary N) is 1. The van der Waals surface area contributed by atoms with Gasteiger partial charge in [0.05, 0.1) is 6.61 Å². The molecular weight excluding hydrogens is 214 g/mol. The lowest BCUT2D eigenvalue weighted by atomic mass is 10.1. The summed E-state index contributed by atoms with van der Waals surface area (Å²) in [4.78, 5) is 0. The summed E-state index contributed by atoms with van der Waals surface area (Å²) < 4.78 is 11.1. The van der Waals surface area contributed by atoms with Gasteiger partial charge in [0.15, 0.2) is 0 Å². The van der Waals surface area contributed by atoms with Crippen molar-refractivity contribution in [1.29, 1.82) is 0 Å². The zero-order valence-corrected chi connectivity index (χ0v) is 11.0. The molecule has 3 heteroatoms. The van der Waals surface area contributed by atoms with Crippen molar-refractivity contribution in [1.82, 2.24) is 0 Å². The molecule has 17 heavy (non-hydrogen) atoms. The van der Waals surface area contributed by atoms with Gasteiger partial charge in [0.2, 0.25) is 0 Å². The molecule has 0 heterocycles. The third-order valence-electron chi connectivity index (χ3n) is 2.38. The van der Waals surface area contributed by atoms with Crippen LogP contribution in [0.1, 0.15) is 25.0 Å². The first-order chi connectivity index (χ1) is 8.13. The predicted octanol–water partition coefficient (Wildman–Crippen LogP) is 2.51. The molecule has 0 aliphatic heterocycles. The van der Waals surface area contributed by atoms with Gasteiger partial charge in [0, 0.05) is 18.7 Å². The van der Waals surface area contributed by atoms with Crippen LogP contribution < -0.4 is 10.5 Å².